The first-order valence-corrected chi connectivity index (χ1v) is 12.0. The number of nitrogens with one attached hydrogen (secondary N) is 1. The van der Waals surface area contributed by atoms with Crippen molar-refractivity contribution in [3.63, 3.8) is 0 Å². The lowest BCUT2D eigenvalue weighted by Gasteiger charge is -2.10. The van der Waals surface area contributed by atoms with Gasteiger partial charge in [-0.3, -0.25) is 4.40 Å². The monoisotopic (exact) mass is 496 g/mol. The highest BCUT2D eigenvalue weighted by atomic mass is 32.1. The molecule has 0 bridgehead atoms. The molecule has 2 aromatic carbocycles. The van der Waals surface area contributed by atoms with E-state index in [0.717, 1.165) is 32.7 Å². The van der Waals surface area contributed by atoms with E-state index in [4.69, 9.17) is 16.4 Å². The Hall–Kier alpha value is -4.39. The summed E-state index contributed by atoms with van der Waals surface area (Å²) < 4.78 is 16.2. The number of fused-ring (bicyclic) bond motifs is 2. The molecule has 9 heteroatoms. The zero-order valence-electron chi connectivity index (χ0n) is 19.0. The zero-order valence-corrected chi connectivity index (χ0v) is 19.8. The second kappa shape index (κ2) is 9.70. The molecule has 1 unspecified atom stereocenters. The number of imidazole rings is 1. The fraction of sp³-hybridized carbons (Fsp3) is 0.111. The molecule has 4 N–H and O–H groups in total. The number of pyridine rings is 1. The lowest BCUT2D eigenvalue weighted by molar-refractivity contribution is 0.169. The van der Waals surface area contributed by atoms with Crippen LogP contribution in [0.4, 0.5) is 4.39 Å². The van der Waals surface area contributed by atoms with Gasteiger partial charge in [-0.15, -0.1) is 11.3 Å². The summed E-state index contributed by atoms with van der Waals surface area (Å²) in [7, 11) is 0. The summed E-state index contributed by atoms with van der Waals surface area (Å²) in [5, 5.41) is 27.7. The molecule has 0 radical (unpaired) electrons. The van der Waals surface area contributed by atoms with Crippen molar-refractivity contribution in [1.29, 1.82) is 10.7 Å². The maximum atomic E-state index is 13.3. The lowest BCUT2D eigenvalue weighted by Crippen LogP contribution is -2.03. The van der Waals surface area contributed by atoms with E-state index < -0.39 is 6.10 Å². The van der Waals surface area contributed by atoms with Crippen LogP contribution >= 0.6 is 11.3 Å². The Morgan fingerprint density at radius 1 is 1.19 bits per heavy atom. The van der Waals surface area contributed by atoms with Crippen LogP contribution in [-0.2, 0) is 0 Å². The summed E-state index contributed by atoms with van der Waals surface area (Å²) in [5.41, 5.74) is 11.9. The van der Waals surface area contributed by atoms with Crippen LogP contribution in [0, 0.1) is 22.6 Å². The Kier molecular flexibility index (Phi) is 6.29. The number of nitriles is 1. The van der Waals surface area contributed by atoms with Crippen molar-refractivity contribution in [3.8, 4) is 17.3 Å². The van der Waals surface area contributed by atoms with Crippen LogP contribution in [0.2, 0.25) is 0 Å². The zero-order chi connectivity index (χ0) is 25.2. The number of thiazole rings is 1. The van der Waals surface area contributed by atoms with Crippen LogP contribution in [0.3, 0.4) is 0 Å². The van der Waals surface area contributed by atoms with E-state index in [1.165, 1.54) is 29.7 Å². The van der Waals surface area contributed by atoms with Gasteiger partial charge in [0.15, 0.2) is 0 Å². The summed E-state index contributed by atoms with van der Waals surface area (Å²) in [6.45, 7) is 0. The highest BCUT2D eigenvalue weighted by Gasteiger charge is 2.15. The molecule has 0 saturated carbocycles. The molecule has 0 aliphatic heterocycles. The number of halogens is 1. The minimum Gasteiger partial charge on any atom is -0.398 e. The van der Waals surface area contributed by atoms with E-state index in [0.29, 0.717) is 28.3 Å². The second-order valence-electron chi connectivity index (χ2n) is 8.22. The minimum atomic E-state index is -0.762. The van der Waals surface area contributed by atoms with Crippen molar-refractivity contribution in [2.24, 2.45) is 5.73 Å². The van der Waals surface area contributed by atoms with Crippen LogP contribution in [0.5, 0.6) is 0 Å². The van der Waals surface area contributed by atoms with Crippen LogP contribution in [0.1, 0.15) is 35.1 Å². The molecule has 7 nitrogen and oxygen atoms in total. The van der Waals surface area contributed by atoms with Gasteiger partial charge in [-0.1, -0.05) is 6.07 Å². The van der Waals surface area contributed by atoms with Gasteiger partial charge in [-0.05, 0) is 60.5 Å². The molecular formula is C27H21FN6OS. The summed E-state index contributed by atoms with van der Waals surface area (Å²) in [4.78, 5) is 9.04. The first-order valence-electron chi connectivity index (χ1n) is 11.2. The maximum absolute atomic E-state index is 13.3. The van der Waals surface area contributed by atoms with Crippen molar-refractivity contribution in [2.75, 3.05) is 0 Å². The number of hydrogen-bond acceptors (Lipinski definition) is 7. The Labute approximate surface area is 210 Å². The van der Waals surface area contributed by atoms with Crippen LogP contribution in [0.15, 0.2) is 67.0 Å². The van der Waals surface area contributed by atoms with Crippen molar-refractivity contribution < 1.29 is 9.50 Å². The van der Waals surface area contributed by atoms with Gasteiger partial charge in [0.2, 0.25) is 0 Å². The number of aromatic nitrogens is 3. The first kappa shape index (κ1) is 23.4. The van der Waals surface area contributed by atoms with E-state index in [9.17, 15) is 9.50 Å². The first-order chi connectivity index (χ1) is 17.5. The van der Waals surface area contributed by atoms with Crippen LogP contribution in [-0.4, -0.2) is 25.7 Å². The fourth-order valence-corrected chi connectivity index (χ4v) is 5.05. The predicted molar refractivity (Wildman–Crippen MR) is 140 cm³/mol. The molecular weight excluding hydrogens is 475 g/mol. The highest BCUT2D eigenvalue weighted by molar-refractivity contribution is 7.18. The van der Waals surface area contributed by atoms with Crippen molar-refractivity contribution >= 4 is 44.7 Å². The molecule has 0 spiro atoms. The molecule has 36 heavy (non-hydrogen) atoms. The van der Waals surface area contributed by atoms with Crippen molar-refractivity contribution in [1.82, 2.24) is 14.4 Å². The van der Waals surface area contributed by atoms with Crippen molar-refractivity contribution in [2.45, 2.75) is 18.9 Å². The molecule has 1 atom stereocenters. The smallest absolute Gasteiger partial charge is 0.137 e. The number of rotatable bonds is 7. The van der Waals surface area contributed by atoms with Gasteiger partial charge in [-0.2, -0.15) is 5.26 Å². The van der Waals surface area contributed by atoms with Gasteiger partial charge in [0, 0.05) is 41.2 Å². The fourth-order valence-electron chi connectivity index (χ4n) is 4.02. The highest BCUT2D eigenvalue weighted by Crippen LogP contribution is 2.33. The SMILES string of the molecule is N#CCCC(O)c1nc2ccc(-c3cnc4ccc(C(C=N)=C(N)c5ccc(F)cc5)cn34)cc2s1. The van der Waals surface area contributed by atoms with Gasteiger partial charge in [0.1, 0.15) is 22.6 Å². The number of nitrogens with zero attached hydrogens (tertiary/aromatic N) is 4. The number of nitrogens with two attached hydrogens (primary N) is 1. The molecule has 3 heterocycles. The van der Waals surface area contributed by atoms with Crippen LogP contribution in [0.25, 0.3) is 38.4 Å². The molecule has 0 amide bonds. The van der Waals surface area contributed by atoms with E-state index >= 15 is 0 Å². The number of hydrogen-bond donors (Lipinski definition) is 3. The Morgan fingerprint density at radius 3 is 2.72 bits per heavy atom. The van der Waals surface area contributed by atoms with E-state index in [1.807, 2.05) is 47.0 Å². The predicted octanol–water partition coefficient (Wildman–Crippen LogP) is 5.56. The molecule has 5 aromatic rings. The van der Waals surface area contributed by atoms with Gasteiger partial charge in [-0.25, -0.2) is 14.4 Å². The number of allylic oxidation sites excluding steroid dienone is 1. The summed E-state index contributed by atoms with van der Waals surface area (Å²) in [6.07, 6.45) is 4.71. The molecule has 0 aliphatic carbocycles. The second-order valence-corrected chi connectivity index (χ2v) is 9.28. The number of aliphatic hydroxyl groups excluding tert-OH is 1. The Balaban J connectivity index is 1.55. The van der Waals surface area contributed by atoms with Gasteiger partial charge in [0.05, 0.1) is 28.2 Å². The molecule has 178 valence electrons. The van der Waals surface area contributed by atoms with E-state index in [-0.39, 0.29) is 12.2 Å². The van der Waals surface area contributed by atoms with E-state index in [1.54, 1.807) is 18.3 Å². The van der Waals surface area contributed by atoms with Gasteiger partial charge >= 0.3 is 0 Å². The quantitative estimate of drug-likeness (QED) is 0.254. The standard InChI is InChI=1S/C27H21FN6OS/c28-19-7-3-16(4-8-19)26(31)20(13-30)18-6-10-25-32-14-22(34(25)15-18)17-5-9-21-24(12-17)36-27(33-21)23(35)2-1-11-29/h3-10,12-15,23,30,35H,1-2,31H2. The molecule has 5 rings (SSSR count). The van der Waals surface area contributed by atoms with Gasteiger partial charge < -0.3 is 16.2 Å². The third kappa shape index (κ3) is 4.35. The number of aliphatic hydroxyl groups is 1. The third-order valence-electron chi connectivity index (χ3n) is 5.92. The molecule has 0 saturated heterocycles. The normalized spacial score (nSPS) is 12.9. The maximum Gasteiger partial charge on any atom is 0.137 e. The Bertz CT molecular complexity index is 1660. The molecule has 3 aromatic heterocycles. The summed E-state index contributed by atoms with van der Waals surface area (Å²) in [5.74, 6) is -0.353. The minimum absolute atomic E-state index is 0.268. The topological polar surface area (TPSA) is 124 Å². The summed E-state index contributed by atoms with van der Waals surface area (Å²) in [6, 6.07) is 17.5. The van der Waals surface area contributed by atoms with Gasteiger partial charge in [0.25, 0.3) is 0 Å². The largest absolute Gasteiger partial charge is 0.398 e. The van der Waals surface area contributed by atoms with E-state index in [2.05, 4.69) is 9.97 Å². The molecule has 0 aliphatic rings. The third-order valence-corrected chi connectivity index (χ3v) is 7.04. The Morgan fingerprint density at radius 2 is 1.97 bits per heavy atom. The molecule has 0 fully saturated rings. The lowest BCUT2D eigenvalue weighted by atomic mass is 10.0. The average Bonchev–Trinajstić information content (AvgIpc) is 3.51. The van der Waals surface area contributed by atoms with Crippen LogP contribution < -0.4 is 5.73 Å². The number of benzene rings is 2. The van der Waals surface area contributed by atoms with Crippen molar-refractivity contribution in [3.05, 3.63) is 88.9 Å². The average molecular weight is 497 g/mol. The summed E-state index contributed by atoms with van der Waals surface area (Å²) >= 11 is 1.41.